The van der Waals surface area contributed by atoms with Crippen molar-refractivity contribution in [1.29, 1.82) is 0 Å². The van der Waals surface area contributed by atoms with Gasteiger partial charge in [-0.1, -0.05) is 0 Å². The molecular formula is C13H11F4N5O. The van der Waals surface area contributed by atoms with Gasteiger partial charge in [-0.3, -0.25) is 9.78 Å². The van der Waals surface area contributed by atoms with Crippen molar-refractivity contribution >= 4 is 11.7 Å². The maximum atomic E-state index is 13.6. The van der Waals surface area contributed by atoms with Crippen LogP contribution in [0.2, 0.25) is 0 Å². The van der Waals surface area contributed by atoms with Gasteiger partial charge in [-0.15, -0.1) is 0 Å². The van der Waals surface area contributed by atoms with E-state index in [9.17, 15) is 22.4 Å². The molecule has 10 heteroatoms. The third kappa shape index (κ3) is 5.16. The molecule has 0 radical (unpaired) electrons. The first-order valence-electron chi connectivity index (χ1n) is 6.35. The van der Waals surface area contributed by atoms with Gasteiger partial charge in [0.2, 0.25) is 5.91 Å². The largest absolute Gasteiger partial charge is 0.405 e. The van der Waals surface area contributed by atoms with E-state index in [1.165, 1.54) is 12.4 Å². The Labute approximate surface area is 128 Å². The molecule has 122 valence electrons. The predicted molar refractivity (Wildman–Crippen MR) is 72.8 cm³/mol. The Balaban J connectivity index is 2.01. The highest BCUT2D eigenvalue weighted by Crippen LogP contribution is 2.17. The van der Waals surface area contributed by atoms with Crippen molar-refractivity contribution in [2.24, 2.45) is 0 Å². The molecule has 0 bridgehead atoms. The van der Waals surface area contributed by atoms with Gasteiger partial charge < -0.3 is 10.6 Å². The molecule has 0 atom stereocenters. The molecule has 0 saturated heterocycles. The summed E-state index contributed by atoms with van der Waals surface area (Å²) < 4.78 is 49.5. The van der Waals surface area contributed by atoms with Crippen molar-refractivity contribution in [1.82, 2.24) is 20.3 Å². The van der Waals surface area contributed by atoms with E-state index in [1.54, 1.807) is 17.4 Å². The van der Waals surface area contributed by atoms with Crippen LogP contribution in [0.1, 0.15) is 0 Å². The van der Waals surface area contributed by atoms with Gasteiger partial charge in [0.15, 0.2) is 17.5 Å². The van der Waals surface area contributed by atoms with E-state index < -0.39 is 31.0 Å². The minimum Gasteiger partial charge on any atom is -0.358 e. The first-order valence-corrected chi connectivity index (χ1v) is 6.35. The molecule has 0 unspecified atom stereocenters. The first kappa shape index (κ1) is 16.6. The minimum absolute atomic E-state index is 0.165. The molecule has 1 amide bonds. The Kier molecular flexibility index (Phi) is 5.04. The number of carbonyl (C=O) groups excluding carboxylic acids is 1. The molecule has 0 aromatic carbocycles. The average Bonchev–Trinajstić information content (AvgIpc) is 2.52. The Morgan fingerprint density at radius 2 is 2.04 bits per heavy atom. The standard InChI is InChI=1S/C13H11F4N5O/c14-9-5-19-11(8-2-1-3-18-4-8)22-12(9)20-6-10(23)21-7-13(15,16)17/h1-5H,6-7H2,(H,21,23)(H,19,20,22). The number of halogens is 4. The van der Waals surface area contributed by atoms with Gasteiger partial charge in [-0.05, 0) is 12.1 Å². The van der Waals surface area contributed by atoms with E-state index in [0.717, 1.165) is 6.20 Å². The summed E-state index contributed by atoms with van der Waals surface area (Å²) in [6, 6.07) is 3.29. The first-order chi connectivity index (χ1) is 10.8. The maximum absolute atomic E-state index is 13.6. The summed E-state index contributed by atoms with van der Waals surface area (Å²) in [5.41, 5.74) is 0.525. The van der Waals surface area contributed by atoms with Gasteiger partial charge in [0.1, 0.15) is 6.54 Å². The number of carbonyl (C=O) groups is 1. The number of anilines is 1. The van der Waals surface area contributed by atoms with Gasteiger partial charge in [-0.25, -0.2) is 14.4 Å². The molecule has 2 aromatic heterocycles. The van der Waals surface area contributed by atoms with Crippen LogP contribution < -0.4 is 10.6 Å². The summed E-state index contributed by atoms with van der Waals surface area (Å²) in [5, 5.41) is 3.99. The fourth-order valence-corrected chi connectivity index (χ4v) is 1.55. The summed E-state index contributed by atoms with van der Waals surface area (Å²) in [7, 11) is 0. The van der Waals surface area contributed by atoms with E-state index in [0.29, 0.717) is 5.56 Å². The van der Waals surface area contributed by atoms with Crippen LogP contribution in [0.4, 0.5) is 23.4 Å². The Morgan fingerprint density at radius 3 is 2.70 bits per heavy atom. The molecule has 0 aliphatic carbocycles. The van der Waals surface area contributed by atoms with Crippen molar-refractivity contribution in [3.63, 3.8) is 0 Å². The second-order valence-corrected chi connectivity index (χ2v) is 4.38. The Bertz CT molecular complexity index is 678. The lowest BCUT2D eigenvalue weighted by Gasteiger charge is -2.10. The summed E-state index contributed by atoms with van der Waals surface area (Å²) >= 11 is 0. The van der Waals surface area contributed by atoms with E-state index in [-0.39, 0.29) is 11.6 Å². The number of hydrogen-bond donors (Lipinski definition) is 2. The molecule has 2 aromatic rings. The summed E-state index contributed by atoms with van der Waals surface area (Å²) in [5.74, 6) is -1.90. The summed E-state index contributed by atoms with van der Waals surface area (Å²) in [6.07, 6.45) is -0.612. The van der Waals surface area contributed by atoms with Crippen molar-refractivity contribution in [3.8, 4) is 11.4 Å². The normalized spacial score (nSPS) is 11.1. The highest BCUT2D eigenvalue weighted by atomic mass is 19.4. The molecule has 0 aliphatic rings. The quantitative estimate of drug-likeness (QED) is 0.817. The zero-order valence-electron chi connectivity index (χ0n) is 11.6. The van der Waals surface area contributed by atoms with Crippen molar-refractivity contribution in [2.45, 2.75) is 6.18 Å². The maximum Gasteiger partial charge on any atom is 0.405 e. The highest BCUT2D eigenvalue weighted by molar-refractivity contribution is 5.80. The second kappa shape index (κ2) is 6.99. The number of aromatic nitrogens is 3. The monoisotopic (exact) mass is 329 g/mol. The molecule has 0 spiro atoms. The number of nitrogens with zero attached hydrogens (tertiary/aromatic N) is 3. The van der Waals surface area contributed by atoms with Crippen molar-refractivity contribution in [3.05, 3.63) is 36.5 Å². The van der Waals surface area contributed by atoms with Crippen LogP contribution in [0.25, 0.3) is 11.4 Å². The zero-order chi connectivity index (χ0) is 16.9. The van der Waals surface area contributed by atoms with Crippen LogP contribution in [0, 0.1) is 5.82 Å². The molecule has 0 aliphatic heterocycles. The lowest BCUT2D eigenvalue weighted by molar-refractivity contribution is -0.137. The number of amides is 1. The molecule has 2 heterocycles. The Hall–Kier alpha value is -2.78. The number of alkyl halides is 3. The SMILES string of the molecule is O=C(CNc1nc(-c2cccnc2)ncc1F)NCC(F)(F)F. The number of rotatable bonds is 5. The van der Waals surface area contributed by atoms with Gasteiger partial charge in [0.25, 0.3) is 0 Å². The predicted octanol–water partition coefficient (Wildman–Crippen LogP) is 1.77. The van der Waals surface area contributed by atoms with Crippen LogP contribution in [-0.2, 0) is 4.79 Å². The van der Waals surface area contributed by atoms with Crippen LogP contribution in [0.5, 0.6) is 0 Å². The average molecular weight is 329 g/mol. The Morgan fingerprint density at radius 1 is 1.26 bits per heavy atom. The minimum atomic E-state index is -4.51. The van der Waals surface area contributed by atoms with Crippen LogP contribution in [0.3, 0.4) is 0 Å². The number of pyridine rings is 1. The lowest BCUT2D eigenvalue weighted by atomic mass is 10.2. The topological polar surface area (TPSA) is 79.8 Å². The molecule has 0 saturated carbocycles. The van der Waals surface area contributed by atoms with E-state index in [2.05, 4.69) is 20.3 Å². The molecule has 2 N–H and O–H groups in total. The molecule has 2 rings (SSSR count). The highest BCUT2D eigenvalue weighted by Gasteiger charge is 2.27. The van der Waals surface area contributed by atoms with E-state index in [4.69, 9.17) is 0 Å². The van der Waals surface area contributed by atoms with E-state index >= 15 is 0 Å². The van der Waals surface area contributed by atoms with E-state index in [1.807, 2.05) is 0 Å². The number of hydrogen-bond acceptors (Lipinski definition) is 5. The van der Waals surface area contributed by atoms with Crippen molar-refractivity contribution in [2.75, 3.05) is 18.4 Å². The molecule has 23 heavy (non-hydrogen) atoms. The van der Waals surface area contributed by atoms with Crippen LogP contribution >= 0.6 is 0 Å². The van der Waals surface area contributed by atoms with Crippen LogP contribution in [-0.4, -0.2) is 40.1 Å². The third-order valence-electron chi connectivity index (χ3n) is 2.57. The third-order valence-corrected chi connectivity index (χ3v) is 2.57. The summed E-state index contributed by atoms with van der Waals surface area (Å²) in [6.45, 7) is -2.02. The molecular weight excluding hydrogens is 318 g/mol. The zero-order valence-corrected chi connectivity index (χ0v) is 11.6. The fourth-order valence-electron chi connectivity index (χ4n) is 1.55. The van der Waals surface area contributed by atoms with Gasteiger partial charge >= 0.3 is 6.18 Å². The summed E-state index contributed by atoms with van der Waals surface area (Å²) in [4.78, 5) is 22.8. The lowest BCUT2D eigenvalue weighted by Crippen LogP contribution is -2.37. The van der Waals surface area contributed by atoms with Gasteiger partial charge in [-0.2, -0.15) is 13.2 Å². The molecule has 6 nitrogen and oxygen atoms in total. The molecule has 0 fully saturated rings. The van der Waals surface area contributed by atoms with Gasteiger partial charge in [0, 0.05) is 18.0 Å². The smallest absolute Gasteiger partial charge is 0.358 e. The number of nitrogens with one attached hydrogen (secondary N) is 2. The van der Waals surface area contributed by atoms with Gasteiger partial charge in [0.05, 0.1) is 12.7 Å². The van der Waals surface area contributed by atoms with Crippen LogP contribution in [0.15, 0.2) is 30.7 Å². The fraction of sp³-hybridized carbons (Fsp3) is 0.231. The second-order valence-electron chi connectivity index (χ2n) is 4.38. The van der Waals surface area contributed by atoms with Crippen molar-refractivity contribution < 1.29 is 22.4 Å².